The molecule has 0 saturated carbocycles. The van der Waals surface area contributed by atoms with Gasteiger partial charge in [-0.1, -0.05) is 0 Å². The van der Waals surface area contributed by atoms with Gasteiger partial charge < -0.3 is 5.32 Å². The third-order valence-corrected chi connectivity index (χ3v) is 4.51. The standard InChI is InChI=1S/C11H17N3O2S/c1-8-5-9(2)14-11(13-8)17(15,16)7-10-3-4-12-6-10/h5,10,12H,3-4,6-7H2,1-2H3/t10-/m0/s1. The first-order valence-electron chi connectivity index (χ1n) is 5.73. The molecule has 5 nitrogen and oxygen atoms in total. The van der Waals surface area contributed by atoms with Gasteiger partial charge in [-0.15, -0.1) is 0 Å². The third-order valence-electron chi connectivity index (χ3n) is 2.86. The Morgan fingerprint density at radius 2 is 2.00 bits per heavy atom. The van der Waals surface area contributed by atoms with Gasteiger partial charge in [0.25, 0.3) is 0 Å². The lowest BCUT2D eigenvalue weighted by atomic mass is 10.2. The van der Waals surface area contributed by atoms with Crippen LogP contribution in [0, 0.1) is 19.8 Å². The molecule has 0 spiro atoms. The van der Waals surface area contributed by atoms with Crippen molar-refractivity contribution in [1.82, 2.24) is 15.3 Å². The van der Waals surface area contributed by atoms with Crippen LogP contribution in [-0.2, 0) is 9.84 Å². The summed E-state index contributed by atoms with van der Waals surface area (Å²) >= 11 is 0. The topological polar surface area (TPSA) is 72.0 Å². The van der Waals surface area contributed by atoms with Gasteiger partial charge in [-0.25, -0.2) is 18.4 Å². The SMILES string of the molecule is Cc1cc(C)nc(S(=O)(=O)C[C@H]2CCNC2)n1. The van der Waals surface area contributed by atoms with Crippen molar-refractivity contribution in [2.45, 2.75) is 25.4 Å². The fourth-order valence-corrected chi connectivity index (χ4v) is 3.69. The minimum absolute atomic E-state index is 0.0260. The molecule has 1 aromatic rings. The molecule has 1 aliphatic rings. The molecule has 0 bridgehead atoms. The maximum absolute atomic E-state index is 12.1. The Balaban J connectivity index is 2.24. The Bertz CT molecular complexity index is 487. The van der Waals surface area contributed by atoms with Crippen molar-refractivity contribution in [2.24, 2.45) is 5.92 Å². The fraction of sp³-hybridized carbons (Fsp3) is 0.636. The van der Waals surface area contributed by atoms with Crippen LogP contribution in [0.25, 0.3) is 0 Å². The maximum atomic E-state index is 12.1. The largest absolute Gasteiger partial charge is 0.316 e. The molecule has 1 aromatic heterocycles. The van der Waals surface area contributed by atoms with Crippen molar-refractivity contribution in [2.75, 3.05) is 18.8 Å². The fourth-order valence-electron chi connectivity index (χ4n) is 2.07. The molecule has 2 rings (SSSR count). The molecule has 1 N–H and O–H groups in total. The van der Waals surface area contributed by atoms with Gasteiger partial charge in [0, 0.05) is 11.4 Å². The molecule has 2 heterocycles. The van der Waals surface area contributed by atoms with Crippen LogP contribution in [0.2, 0.25) is 0 Å². The molecular formula is C11H17N3O2S. The number of rotatable bonds is 3. The zero-order valence-electron chi connectivity index (χ0n) is 10.1. The van der Waals surface area contributed by atoms with Gasteiger partial charge in [0.05, 0.1) is 5.75 Å². The lowest BCUT2D eigenvalue weighted by Gasteiger charge is -2.09. The van der Waals surface area contributed by atoms with Gasteiger partial charge >= 0.3 is 0 Å². The summed E-state index contributed by atoms with van der Waals surface area (Å²) in [6, 6.07) is 1.77. The molecular weight excluding hydrogens is 238 g/mol. The van der Waals surface area contributed by atoms with Crippen LogP contribution in [-0.4, -0.2) is 37.2 Å². The first-order chi connectivity index (χ1) is 7.97. The Labute approximate surface area is 102 Å². The van der Waals surface area contributed by atoms with E-state index < -0.39 is 9.84 Å². The highest BCUT2D eigenvalue weighted by Gasteiger charge is 2.26. The summed E-state index contributed by atoms with van der Waals surface area (Å²) in [4.78, 5) is 8.06. The number of nitrogens with zero attached hydrogens (tertiary/aromatic N) is 2. The second-order valence-corrected chi connectivity index (χ2v) is 6.50. The average Bonchev–Trinajstić information content (AvgIpc) is 2.68. The summed E-state index contributed by atoms with van der Waals surface area (Å²) < 4.78 is 24.3. The number of hydrogen-bond donors (Lipinski definition) is 1. The average molecular weight is 255 g/mol. The lowest BCUT2D eigenvalue weighted by molar-refractivity contribution is 0.561. The van der Waals surface area contributed by atoms with Crippen molar-refractivity contribution in [3.8, 4) is 0 Å². The molecule has 1 saturated heterocycles. The monoisotopic (exact) mass is 255 g/mol. The second kappa shape index (κ2) is 4.70. The molecule has 1 aliphatic heterocycles. The van der Waals surface area contributed by atoms with Crippen LogP contribution >= 0.6 is 0 Å². The van der Waals surface area contributed by atoms with Crippen LogP contribution in [0.3, 0.4) is 0 Å². The van der Waals surface area contributed by atoms with Gasteiger partial charge in [0.15, 0.2) is 0 Å². The molecule has 0 unspecified atom stereocenters. The number of aryl methyl sites for hydroxylation is 2. The highest BCUT2D eigenvalue weighted by molar-refractivity contribution is 7.91. The van der Waals surface area contributed by atoms with Crippen LogP contribution in [0.15, 0.2) is 11.2 Å². The number of sulfone groups is 1. The van der Waals surface area contributed by atoms with E-state index in [0.717, 1.165) is 19.5 Å². The highest BCUT2D eigenvalue weighted by atomic mass is 32.2. The van der Waals surface area contributed by atoms with E-state index in [4.69, 9.17) is 0 Å². The Morgan fingerprint density at radius 1 is 1.35 bits per heavy atom. The molecule has 1 atom stereocenters. The van der Waals surface area contributed by atoms with Crippen molar-refractivity contribution in [3.05, 3.63) is 17.5 Å². The van der Waals surface area contributed by atoms with E-state index in [0.29, 0.717) is 11.4 Å². The minimum Gasteiger partial charge on any atom is -0.316 e. The summed E-state index contributed by atoms with van der Waals surface area (Å²) in [5.41, 5.74) is 1.39. The summed E-state index contributed by atoms with van der Waals surface area (Å²) in [6.45, 7) is 5.23. The van der Waals surface area contributed by atoms with E-state index in [1.54, 1.807) is 19.9 Å². The van der Waals surface area contributed by atoms with E-state index in [-0.39, 0.29) is 16.8 Å². The highest BCUT2D eigenvalue weighted by Crippen LogP contribution is 2.15. The Kier molecular flexibility index (Phi) is 3.44. The third kappa shape index (κ3) is 3.01. The molecule has 0 radical (unpaired) electrons. The van der Waals surface area contributed by atoms with Crippen LogP contribution < -0.4 is 5.32 Å². The number of aromatic nitrogens is 2. The van der Waals surface area contributed by atoms with Crippen LogP contribution in [0.5, 0.6) is 0 Å². The first-order valence-corrected chi connectivity index (χ1v) is 7.38. The summed E-state index contributed by atoms with van der Waals surface area (Å²) in [6.07, 6.45) is 0.907. The lowest BCUT2D eigenvalue weighted by Crippen LogP contribution is -2.21. The zero-order chi connectivity index (χ0) is 12.5. The van der Waals surface area contributed by atoms with E-state index in [1.165, 1.54) is 0 Å². The smallest absolute Gasteiger partial charge is 0.247 e. The Morgan fingerprint density at radius 3 is 2.53 bits per heavy atom. The molecule has 17 heavy (non-hydrogen) atoms. The van der Waals surface area contributed by atoms with Crippen molar-refractivity contribution < 1.29 is 8.42 Å². The van der Waals surface area contributed by atoms with E-state index in [9.17, 15) is 8.42 Å². The van der Waals surface area contributed by atoms with Gasteiger partial charge in [-0.3, -0.25) is 0 Å². The maximum Gasteiger partial charge on any atom is 0.247 e. The van der Waals surface area contributed by atoms with Gasteiger partial charge in [0.2, 0.25) is 15.0 Å². The van der Waals surface area contributed by atoms with E-state index in [1.807, 2.05) is 0 Å². The summed E-state index contributed by atoms with van der Waals surface area (Å²) in [5, 5.41) is 3.14. The van der Waals surface area contributed by atoms with Crippen molar-refractivity contribution >= 4 is 9.84 Å². The second-order valence-electron chi connectivity index (χ2n) is 4.57. The molecule has 6 heteroatoms. The van der Waals surface area contributed by atoms with E-state index in [2.05, 4.69) is 15.3 Å². The summed E-state index contributed by atoms with van der Waals surface area (Å²) in [5.74, 6) is 0.326. The molecule has 0 amide bonds. The van der Waals surface area contributed by atoms with Crippen molar-refractivity contribution in [3.63, 3.8) is 0 Å². The molecule has 0 aliphatic carbocycles. The normalized spacial score (nSPS) is 20.7. The van der Waals surface area contributed by atoms with Gasteiger partial charge in [0.1, 0.15) is 0 Å². The van der Waals surface area contributed by atoms with Gasteiger partial charge in [-0.05, 0) is 45.3 Å². The predicted octanol–water partition coefficient (Wildman–Crippen LogP) is 0.477. The molecule has 1 fully saturated rings. The van der Waals surface area contributed by atoms with E-state index >= 15 is 0 Å². The molecule has 94 valence electrons. The van der Waals surface area contributed by atoms with Crippen molar-refractivity contribution in [1.29, 1.82) is 0 Å². The number of nitrogens with one attached hydrogen (secondary N) is 1. The quantitative estimate of drug-likeness (QED) is 0.795. The zero-order valence-corrected chi connectivity index (χ0v) is 10.9. The summed E-state index contributed by atoms with van der Waals surface area (Å²) in [7, 11) is -3.35. The first kappa shape index (κ1) is 12.4. The minimum atomic E-state index is -3.35. The van der Waals surface area contributed by atoms with Gasteiger partial charge in [-0.2, -0.15) is 0 Å². The van der Waals surface area contributed by atoms with Crippen LogP contribution in [0.4, 0.5) is 0 Å². The Hall–Kier alpha value is -1.01. The number of hydrogen-bond acceptors (Lipinski definition) is 5. The molecule has 0 aromatic carbocycles. The predicted molar refractivity (Wildman–Crippen MR) is 64.5 cm³/mol. The van der Waals surface area contributed by atoms with Crippen LogP contribution in [0.1, 0.15) is 17.8 Å².